The quantitative estimate of drug-likeness (QED) is 0.809. The lowest BCUT2D eigenvalue weighted by Crippen LogP contribution is -2.30. The molecule has 0 spiro atoms. The van der Waals surface area contributed by atoms with Gasteiger partial charge in [0.15, 0.2) is 0 Å². The van der Waals surface area contributed by atoms with Gasteiger partial charge in [0, 0.05) is 11.6 Å². The summed E-state index contributed by atoms with van der Waals surface area (Å²) in [5.41, 5.74) is 8.49. The smallest absolute Gasteiger partial charge is 0.322 e. The molecule has 0 aliphatic rings. The molecule has 2 aromatic carbocycles. The first-order chi connectivity index (χ1) is 12.0. The molecule has 3 nitrogen and oxygen atoms in total. The lowest BCUT2D eigenvalue weighted by Gasteiger charge is -2.13. The summed E-state index contributed by atoms with van der Waals surface area (Å²) in [6.07, 6.45) is 2.74. The molecule has 2 N–H and O–H groups in total. The van der Waals surface area contributed by atoms with Crippen molar-refractivity contribution < 1.29 is 18.3 Å². The van der Waals surface area contributed by atoms with Gasteiger partial charge >= 0.3 is 5.97 Å². The molecular weight excluding hydrogens is 324 g/mol. The van der Waals surface area contributed by atoms with Crippen LogP contribution in [0, 0.1) is 11.6 Å². The maximum absolute atomic E-state index is 14.3. The Labute approximate surface area is 146 Å². The molecule has 2 rings (SSSR count). The molecule has 0 bridgehead atoms. The number of nitrogens with two attached hydrogens (primary N) is 1. The van der Waals surface area contributed by atoms with Crippen molar-refractivity contribution in [3.05, 3.63) is 76.9 Å². The minimum atomic E-state index is -0.849. The molecule has 132 valence electrons. The van der Waals surface area contributed by atoms with Crippen LogP contribution in [0.5, 0.6) is 0 Å². The number of methoxy groups -OCH3 is 1. The van der Waals surface area contributed by atoms with Crippen molar-refractivity contribution in [2.45, 2.75) is 25.8 Å². The third kappa shape index (κ3) is 4.73. The fraction of sp³-hybridized carbons (Fsp3) is 0.250. The first kappa shape index (κ1) is 18.8. The summed E-state index contributed by atoms with van der Waals surface area (Å²) in [5.74, 6) is -1.86. The highest BCUT2D eigenvalue weighted by Crippen LogP contribution is 2.27. The first-order valence-electron chi connectivity index (χ1n) is 8.04. The Balaban J connectivity index is 2.44. The second-order valence-electron chi connectivity index (χ2n) is 5.66. The Hall–Kier alpha value is -2.53. The molecule has 0 aliphatic carbocycles. The molecule has 1 unspecified atom stereocenters. The highest BCUT2D eigenvalue weighted by Gasteiger charge is 2.15. The van der Waals surface area contributed by atoms with E-state index in [1.807, 2.05) is 31.2 Å². The van der Waals surface area contributed by atoms with E-state index in [0.717, 1.165) is 23.6 Å². The number of esters is 1. The lowest BCUT2D eigenvalue weighted by atomic mass is 9.94. The van der Waals surface area contributed by atoms with Gasteiger partial charge in [-0.05, 0) is 41.7 Å². The molecule has 0 amide bonds. The molecule has 0 saturated heterocycles. The summed E-state index contributed by atoms with van der Waals surface area (Å²) < 4.78 is 32.1. The molecule has 0 radical (unpaired) electrons. The van der Waals surface area contributed by atoms with Gasteiger partial charge in [0.05, 0.1) is 7.11 Å². The van der Waals surface area contributed by atoms with Gasteiger partial charge in [0.2, 0.25) is 0 Å². The number of carbonyl (C=O) groups excluding carboxylic acids is 1. The SMILES string of the molecule is CCc1ccc(C(=CCC(N)C(=O)OC)c2ccc(F)cc2F)cc1. The minimum Gasteiger partial charge on any atom is -0.468 e. The molecular formula is C20H21F2NO2. The number of benzene rings is 2. The molecule has 5 heteroatoms. The second-order valence-corrected chi connectivity index (χ2v) is 5.66. The lowest BCUT2D eigenvalue weighted by molar-refractivity contribution is -0.142. The molecule has 0 saturated carbocycles. The molecule has 25 heavy (non-hydrogen) atoms. The largest absolute Gasteiger partial charge is 0.468 e. The van der Waals surface area contributed by atoms with Crippen LogP contribution in [-0.4, -0.2) is 19.1 Å². The van der Waals surface area contributed by atoms with Gasteiger partial charge in [-0.2, -0.15) is 0 Å². The Bertz CT molecular complexity index is 770. The van der Waals surface area contributed by atoms with E-state index in [1.165, 1.54) is 19.2 Å². The third-order valence-electron chi connectivity index (χ3n) is 3.97. The normalized spacial score (nSPS) is 12.8. The maximum atomic E-state index is 14.3. The Kier molecular flexibility index (Phi) is 6.42. The predicted molar refractivity (Wildman–Crippen MR) is 93.9 cm³/mol. The average Bonchev–Trinajstić information content (AvgIpc) is 2.62. The molecule has 0 aromatic heterocycles. The molecule has 0 fully saturated rings. The monoisotopic (exact) mass is 345 g/mol. The summed E-state index contributed by atoms with van der Waals surface area (Å²) in [6.45, 7) is 2.04. The fourth-order valence-electron chi connectivity index (χ4n) is 2.50. The van der Waals surface area contributed by atoms with Gasteiger partial charge < -0.3 is 10.5 Å². The number of carbonyl (C=O) groups is 1. The number of halogens is 2. The van der Waals surface area contributed by atoms with Crippen LogP contribution in [0.2, 0.25) is 0 Å². The van der Waals surface area contributed by atoms with Crippen molar-refractivity contribution in [1.29, 1.82) is 0 Å². The zero-order chi connectivity index (χ0) is 18.4. The van der Waals surface area contributed by atoms with Gasteiger partial charge in [0.25, 0.3) is 0 Å². The summed E-state index contributed by atoms with van der Waals surface area (Å²) in [7, 11) is 1.26. The van der Waals surface area contributed by atoms with Crippen LogP contribution in [-0.2, 0) is 16.0 Å². The number of hydrogen-bond donors (Lipinski definition) is 1. The van der Waals surface area contributed by atoms with Crippen molar-refractivity contribution in [3.63, 3.8) is 0 Å². The van der Waals surface area contributed by atoms with Gasteiger partial charge in [0.1, 0.15) is 17.7 Å². The minimum absolute atomic E-state index is 0.175. The van der Waals surface area contributed by atoms with E-state index >= 15 is 0 Å². The number of hydrogen-bond acceptors (Lipinski definition) is 3. The van der Waals surface area contributed by atoms with Gasteiger partial charge in [-0.25, -0.2) is 8.78 Å². The summed E-state index contributed by atoms with van der Waals surface area (Å²) in [5, 5.41) is 0. The number of ether oxygens (including phenoxy) is 1. The Morgan fingerprint density at radius 1 is 1.20 bits per heavy atom. The summed E-state index contributed by atoms with van der Waals surface area (Å²) in [4.78, 5) is 11.5. The van der Waals surface area contributed by atoms with E-state index in [-0.39, 0.29) is 12.0 Å². The predicted octanol–water partition coefficient (Wildman–Crippen LogP) is 3.85. The van der Waals surface area contributed by atoms with Crippen LogP contribution in [0.25, 0.3) is 5.57 Å². The molecule has 1 atom stereocenters. The Morgan fingerprint density at radius 2 is 1.88 bits per heavy atom. The van der Waals surface area contributed by atoms with Crippen molar-refractivity contribution in [1.82, 2.24) is 0 Å². The highest BCUT2D eigenvalue weighted by atomic mass is 19.1. The molecule has 0 heterocycles. The first-order valence-corrected chi connectivity index (χ1v) is 8.04. The van der Waals surface area contributed by atoms with Crippen LogP contribution < -0.4 is 5.73 Å². The fourth-order valence-corrected chi connectivity index (χ4v) is 2.50. The van der Waals surface area contributed by atoms with Crippen LogP contribution >= 0.6 is 0 Å². The van der Waals surface area contributed by atoms with E-state index in [0.29, 0.717) is 5.57 Å². The summed E-state index contributed by atoms with van der Waals surface area (Å²) in [6, 6.07) is 10.2. The highest BCUT2D eigenvalue weighted by molar-refractivity contribution is 5.81. The van der Waals surface area contributed by atoms with Crippen molar-refractivity contribution in [2.24, 2.45) is 5.73 Å². The molecule has 0 aliphatic heterocycles. The topological polar surface area (TPSA) is 52.3 Å². The second kappa shape index (κ2) is 8.53. The average molecular weight is 345 g/mol. The Morgan fingerprint density at radius 3 is 2.44 bits per heavy atom. The maximum Gasteiger partial charge on any atom is 0.322 e. The van der Waals surface area contributed by atoms with Gasteiger partial charge in [-0.15, -0.1) is 0 Å². The zero-order valence-electron chi connectivity index (χ0n) is 14.3. The van der Waals surface area contributed by atoms with Crippen LogP contribution in [0.1, 0.15) is 30.0 Å². The van der Waals surface area contributed by atoms with E-state index in [1.54, 1.807) is 6.08 Å². The van der Waals surface area contributed by atoms with Gasteiger partial charge in [-0.3, -0.25) is 4.79 Å². The molecule has 2 aromatic rings. The van der Waals surface area contributed by atoms with E-state index in [2.05, 4.69) is 4.74 Å². The van der Waals surface area contributed by atoms with Crippen LogP contribution in [0.3, 0.4) is 0 Å². The summed E-state index contributed by atoms with van der Waals surface area (Å²) >= 11 is 0. The number of rotatable bonds is 6. The van der Waals surface area contributed by atoms with Crippen molar-refractivity contribution >= 4 is 11.5 Å². The number of aryl methyl sites for hydroxylation is 1. The zero-order valence-corrected chi connectivity index (χ0v) is 14.3. The van der Waals surface area contributed by atoms with Crippen molar-refractivity contribution in [2.75, 3.05) is 7.11 Å². The van der Waals surface area contributed by atoms with Crippen LogP contribution in [0.4, 0.5) is 8.78 Å². The van der Waals surface area contributed by atoms with E-state index in [9.17, 15) is 13.6 Å². The van der Waals surface area contributed by atoms with Gasteiger partial charge in [-0.1, -0.05) is 37.3 Å². The van der Waals surface area contributed by atoms with Crippen LogP contribution in [0.15, 0.2) is 48.5 Å². The van der Waals surface area contributed by atoms with E-state index in [4.69, 9.17) is 5.73 Å². The standard InChI is InChI=1S/C20H21F2NO2/c1-3-13-4-6-14(7-5-13)16(10-11-19(23)20(24)25-2)17-9-8-15(21)12-18(17)22/h4-10,12,19H,3,11,23H2,1-2H3. The van der Waals surface area contributed by atoms with E-state index < -0.39 is 23.6 Å². The van der Waals surface area contributed by atoms with Crippen molar-refractivity contribution in [3.8, 4) is 0 Å². The third-order valence-corrected chi connectivity index (χ3v) is 3.97.